The molecule has 0 aromatic carbocycles. The van der Waals surface area contributed by atoms with E-state index in [-0.39, 0.29) is 11.9 Å². The molecule has 23 heavy (non-hydrogen) atoms. The molecule has 2 aromatic heterocycles. The van der Waals surface area contributed by atoms with Gasteiger partial charge in [0.05, 0.1) is 18.1 Å². The van der Waals surface area contributed by atoms with Crippen LogP contribution in [0.1, 0.15) is 29.0 Å². The fourth-order valence-electron chi connectivity index (χ4n) is 2.60. The molecule has 0 bridgehead atoms. The highest BCUT2D eigenvalue weighted by molar-refractivity contribution is 5.92. The molecular weight excluding hydrogens is 292 g/mol. The Morgan fingerprint density at radius 2 is 2.04 bits per heavy atom. The first-order valence-electron chi connectivity index (χ1n) is 7.44. The van der Waals surface area contributed by atoms with Crippen LogP contribution in [-0.4, -0.2) is 40.0 Å². The number of rotatable bonds is 3. The Morgan fingerprint density at radius 3 is 2.65 bits per heavy atom. The van der Waals surface area contributed by atoms with Crippen molar-refractivity contribution in [2.45, 2.75) is 18.9 Å². The molecule has 3 heterocycles. The van der Waals surface area contributed by atoms with Gasteiger partial charge in [-0.15, -0.1) is 0 Å². The number of carbonyl (C=O) groups excluding carboxylic acids is 1. The molecule has 7 nitrogen and oxygen atoms in total. The van der Waals surface area contributed by atoms with Crippen LogP contribution in [0.5, 0.6) is 0 Å². The number of nitriles is 1. The number of pyridine rings is 1. The van der Waals surface area contributed by atoms with Gasteiger partial charge in [0.25, 0.3) is 5.91 Å². The lowest BCUT2D eigenvalue weighted by Gasteiger charge is -2.33. The molecule has 0 aliphatic carbocycles. The maximum Gasteiger partial charge on any atom is 0.271 e. The minimum absolute atomic E-state index is 0.132. The topological polar surface area (TPSA) is 94.8 Å². The number of piperidine rings is 1. The average Bonchev–Trinajstić information content (AvgIpc) is 2.63. The smallest absolute Gasteiger partial charge is 0.271 e. The summed E-state index contributed by atoms with van der Waals surface area (Å²) in [5, 5.41) is 11.8. The quantitative estimate of drug-likeness (QED) is 0.913. The molecule has 0 atom stereocenters. The van der Waals surface area contributed by atoms with E-state index in [1.807, 2.05) is 12.1 Å². The van der Waals surface area contributed by atoms with Crippen LogP contribution in [0.25, 0.3) is 0 Å². The van der Waals surface area contributed by atoms with Gasteiger partial charge in [0.2, 0.25) is 0 Å². The highest BCUT2D eigenvalue weighted by Gasteiger charge is 2.22. The van der Waals surface area contributed by atoms with Crippen molar-refractivity contribution in [2.24, 2.45) is 0 Å². The predicted octanol–water partition coefficient (Wildman–Crippen LogP) is 1.14. The lowest BCUT2D eigenvalue weighted by atomic mass is 10.0. The zero-order valence-corrected chi connectivity index (χ0v) is 12.5. The van der Waals surface area contributed by atoms with Crippen molar-refractivity contribution >= 4 is 11.6 Å². The highest BCUT2D eigenvalue weighted by Crippen LogP contribution is 2.19. The summed E-state index contributed by atoms with van der Waals surface area (Å²) in [6.45, 7) is 1.66. The van der Waals surface area contributed by atoms with E-state index < -0.39 is 0 Å². The molecule has 1 saturated heterocycles. The van der Waals surface area contributed by atoms with Crippen LogP contribution in [0.15, 0.2) is 36.9 Å². The maximum atomic E-state index is 12.1. The lowest BCUT2D eigenvalue weighted by molar-refractivity contribution is 0.0925. The first kappa shape index (κ1) is 14.9. The molecule has 1 fully saturated rings. The Kier molecular flexibility index (Phi) is 4.43. The molecule has 0 saturated carbocycles. The molecule has 1 aliphatic rings. The minimum Gasteiger partial charge on any atom is -0.370 e. The Labute approximate surface area is 134 Å². The highest BCUT2D eigenvalue weighted by atomic mass is 16.1. The van der Waals surface area contributed by atoms with Crippen LogP contribution in [-0.2, 0) is 0 Å². The third-order valence-electron chi connectivity index (χ3n) is 3.85. The monoisotopic (exact) mass is 308 g/mol. The molecule has 116 valence electrons. The minimum atomic E-state index is -0.184. The normalized spacial score (nSPS) is 15.0. The summed E-state index contributed by atoms with van der Waals surface area (Å²) < 4.78 is 0. The fourth-order valence-corrected chi connectivity index (χ4v) is 2.60. The van der Waals surface area contributed by atoms with Crippen LogP contribution in [0.4, 0.5) is 5.69 Å². The molecule has 1 N–H and O–H groups in total. The van der Waals surface area contributed by atoms with E-state index in [1.165, 1.54) is 12.4 Å². The number of hydrogen-bond acceptors (Lipinski definition) is 6. The molecule has 0 unspecified atom stereocenters. The Hall–Kier alpha value is -3.01. The van der Waals surface area contributed by atoms with Crippen molar-refractivity contribution in [1.29, 1.82) is 5.26 Å². The maximum absolute atomic E-state index is 12.1. The Balaban J connectivity index is 1.54. The van der Waals surface area contributed by atoms with E-state index in [9.17, 15) is 4.79 Å². The molecule has 1 aliphatic heterocycles. The number of carbonyl (C=O) groups is 1. The van der Waals surface area contributed by atoms with Crippen LogP contribution in [0, 0.1) is 11.3 Å². The number of nitrogens with one attached hydrogen (secondary N) is 1. The molecule has 0 radical (unpaired) electrons. The number of hydrogen-bond donors (Lipinski definition) is 1. The molecule has 7 heteroatoms. The van der Waals surface area contributed by atoms with Crippen molar-refractivity contribution in [3.8, 4) is 6.07 Å². The summed E-state index contributed by atoms with van der Waals surface area (Å²) in [5.41, 5.74) is 1.76. The molecule has 3 rings (SSSR count). The van der Waals surface area contributed by atoms with Crippen molar-refractivity contribution in [1.82, 2.24) is 20.3 Å². The standard InChI is InChI=1S/C16H16N6O/c17-9-13-1-2-14(10-20-13)22-7-3-12(4-8-22)21-16(23)15-11-18-5-6-19-15/h1-2,5-6,10-12H,3-4,7-8H2,(H,21,23). The van der Waals surface area contributed by atoms with E-state index >= 15 is 0 Å². The second-order valence-electron chi connectivity index (χ2n) is 5.34. The first-order chi connectivity index (χ1) is 11.3. The summed E-state index contributed by atoms with van der Waals surface area (Å²) in [6, 6.07) is 5.77. The van der Waals surface area contributed by atoms with Gasteiger partial charge in [-0.25, -0.2) is 9.97 Å². The number of aromatic nitrogens is 3. The third-order valence-corrected chi connectivity index (χ3v) is 3.85. The summed E-state index contributed by atoms with van der Waals surface area (Å²) in [4.78, 5) is 26.3. The van der Waals surface area contributed by atoms with E-state index in [1.54, 1.807) is 18.5 Å². The van der Waals surface area contributed by atoms with Gasteiger partial charge >= 0.3 is 0 Å². The van der Waals surface area contributed by atoms with Crippen LogP contribution < -0.4 is 10.2 Å². The Morgan fingerprint density at radius 1 is 1.22 bits per heavy atom. The second-order valence-corrected chi connectivity index (χ2v) is 5.34. The third kappa shape index (κ3) is 3.61. The van der Waals surface area contributed by atoms with Gasteiger partial charge in [-0.3, -0.25) is 9.78 Å². The number of amides is 1. The SMILES string of the molecule is N#Cc1ccc(N2CCC(NC(=O)c3cnccn3)CC2)cn1. The largest absolute Gasteiger partial charge is 0.370 e. The predicted molar refractivity (Wildman–Crippen MR) is 83.7 cm³/mol. The number of anilines is 1. The summed E-state index contributed by atoms with van der Waals surface area (Å²) in [7, 11) is 0. The molecule has 1 amide bonds. The zero-order valence-electron chi connectivity index (χ0n) is 12.5. The summed E-state index contributed by atoms with van der Waals surface area (Å²) in [5.74, 6) is -0.184. The first-order valence-corrected chi connectivity index (χ1v) is 7.44. The summed E-state index contributed by atoms with van der Waals surface area (Å²) >= 11 is 0. The van der Waals surface area contributed by atoms with Gasteiger partial charge in [-0.1, -0.05) is 0 Å². The molecular formula is C16H16N6O. The van der Waals surface area contributed by atoms with Crippen molar-refractivity contribution in [3.63, 3.8) is 0 Å². The van der Waals surface area contributed by atoms with Crippen LogP contribution >= 0.6 is 0 Å². The molecule has 0 spiro atoms. The zero-order chi connectivity index (χ0) is 16.1. The number of nitrogens with zero attached hydrogens (tertiary/aromatic N) is 5. The average molecular weight is 308 g/mol. The van der Waals surface area contributed by atoms with Gasteiger partial charge in [0.1, 0.15) is 17.5 Å². The van der Waals surface area contributed by atoms with Crippen molar-refractivity contribution in [2.75, 3.05) is 18.0 Å². The van der Waals surface area contributed by atoms with E-state index in [2.05, 4.69) is 25.2 Å². The van der Waals surface area contributed by atoms with Gasteiger partial charge in [-0.05, 0) is 25.0 Å². The van der Waals surface area contributed by atoms with Gasteiger partial charge < -0.3 is 10.2 Å². The van der Waals surface area contributed by atoms with E-state index in [4.69, 9.17) is 5.26 Å². The van der Waals surface area contributed by atoms with Gasteiger partial charge in [-0.2, -0.15) is 5.26 Å². The van der Waals surface area contributed by atoms with Gasteiger partial charge in [0, 0.05) is 31.5 Å². The van der Waals surface area contributed by atoms with E-state index in [0.717, 1.165) is 31.6 Å². The lowest BCUT2D eigenvalue weighted by Crippen LogP contribution is -2.45. The fraction of sp³-hybridized carbons (Fsp3) is 0.312. The van der Waals surface area contributed by atoms with Crippen molar-refractivity contribution < 1.29 is 4.79 Å². The molecule has 2 aromatic rings. The van der Waals surface area contributed by atoms with E-state index in [0.29, 0.717) is 11.4 Å². The van der Waals surface area contributed by atoms with Crippen LogP contribution in [0.3, 0.4) is 0 Å². The second kappa shape index (κ2) is 6.83. The van der Waals surface area contributed by atoms with Crippen molar-refractivity contribution in [3.05, 3.63) is 48.3 Å². The Bertz CT molecular complexity index is 702. The summed E-state index contributed by atoms with van der Waals surface area (Å²) in [6.07, 6.45) is 7.94. The van der Waals surface area contributed by atoms with Gasteiger partial charge in [0.15, 0.2) is 0 Å². The van der Waals surface area contributed by atoms with Crippen LogP contribution in [0.2, 0.25) is 0 Å².